The number of hydrogen-bond donors (Lipinski definition) is 0. The highest BCUT2D eigenvalue weighted by Gasteiger charge is 2.41. The monoisotopic (exact) mass is 325 g/mol. The van der Waals surface area contributed by atoms with E-state index in [1.807, 2.05) is 0 Å². The minimum Gasteiger partial charge on any atom is -0.467 e. The van der Waals surface area contributed by atoms with Gasteiger partial charge >= 0.3 is 5.97 Å². The highest BCUT2D eigenvalue weighted by atomic mass is 35.5. The van der Waals surface area contributed by atoms with E-state index in [9.17, 15) is 14.4 Å². The minimum atomic E-state index is -0.951. The topological polar surface area (TPSA) is 63.7 Å². The molecule has 5 nitrogen and oxygen atoms in total. The molecule has 1 heterocycles. The second kappa shape index (κ2) is 6.32. The van der Waals surface area contributed by atoms with Gasteiger partial charge in [0.15, 0.2) is 0 Å². The summed E-state index contributed by atoms with van der Waals surface area (Å²) in [7, 11) is 1.21. The zero-order valence-corrected chi connectivity index (χ0v) is 12.9. The smallest absolute Gasteiger partial charge is 0.328 e. The number of amides is 2. The number of nitrogens with zero attached hydrogens (tertiary/aromatic N) is 1. The van der Waals surface area contributed by atoms with Crippen LogP contribution in [0.25, 0.3) is 6.08 Å². The summed E-state index contributed by atoms with van der Waals surface area (Å²) in [6.07, 6.45) is 1.57. The second-order valence-electron chi connectivity index (χ2n) is 4.31. The molecule has 1 fully saturated rings. The Labute approximate surface area is 130 Å². The lowest BCUT2D eigenvalue weighted by Crippen LogP contribution is -2.42. The SMILES string of the molecule is COC(=O)[C@H](C)N1C(=O)S/C(=C/c2cccc(Cl)c2)C1=O. The number of halogens is 1. The summed E-state index contributed by atoms with van der Waals surface area (Å²) < 4.78 is 4.56. The van der Waals surface area contributed by atoms with Gasteiger partial charge in [-0.1, -0.05) is 23.7 Å². The molecule has 21 heavy (non-hydrogen) atoms. The molecule has 0 bridgehead atoms. The zero-order chi connectivity index (χ0) is 15.6. The van der Waals surface area contributed by atoms with Crippen LogP contribution in [0.15, 0.2) is 29.2 Å². The normalized spacial score (nSPS) is 18.2. The van der Waals surface area contributed by atoms with Crippen LogP contribution in [0.4, 0.5) is 4.79 Å². The molecule has 0 unspecified atom stereocenters. The first kappa shape index (κ1) is 15.6. The molecule has 0 N–H and O–H groups in total. The standard InChI is InChI=1S/C14H12ClNO4S/c1-8(13(18)20-2)16-12(17)11(21-14(16)19)7-9-4-3-5-10(15)6-9/h3-8H,1-2H3/b11-7+/t8-/m0/s1. The van der Waals surface area contributed by atoms with Crippen molar-refractivity contribution in [2.24, 2.45) is 0 Å². The fourth-order valence-electron chi connectivity index (χ4n) is 1.84. The zero-order valence-electron chi connectivity index (χ0n) is 11.3. The fourth-order valence-corrected chi connectivity index (χ4v) is 2.94. The lowest BCUT2D eigenvalue weighted by molar-refractivity contribution is -0.148. The number of hydrogen-bond acceptors (Lipinski definition) is 5. The fraction of sp³-hybridized carbons (Fsp3) is 0.214. The summed E-state index contributed by atoms with van der Waals surface area (Å²) in [4.78, 5) is 36.8. The largest absolute Gasteiger partial charge is 0.467 e. The van der Waals surface area contributed by atoms with Crippen LogP contribution in [0.2, 0.25) is 5.02 Å². The van der Waals surface area contributed by atoms with E-state index in [0.717, 1.165) is 16.7 Å². The van der Waals surface area contributed by atoms with Crippen LogP contribution in [-0.4, -0.2) is 35.2 Å². The van der Waals surface area contributed by atoms with Crippen LogP contribution in [0.5, 0.6) is 0 Å². The van der Waals surface area contributed by atoms with E-state index < -0.39 is 23.2 Å². The van der Waals surface area contributed by atoms with E-state index >= 15 is 0 Å². The lowest BCUT2D eigenvalue weighted by Gasteiger charge is -2.18. The molecule has 1 aromatic rings. The predicted molar refractivity (Wildman–Crippen MR) is 80.7 cm³/mol. The lowest BCUT2D eigenvalue weighted by atomic mass is 10.2. The molecular weight excluding hydrogens is 314 g/mol. The highest BCUT2D eigenvalue weighted by molar-refractivity contribution is 8.18. The third-order valence-corrected chi connectivity index (χ3v) is 4.02. The Morgan fingerprint density at radius 1 is 1.43 bits per heavy atom. The Hall–Kier alpha value is -1.79. The molecular formula is C14H12ClNO4S. The molecule has 2 rings (SSSR count). The van der Waals surface area contributed by atoms with E-state index in [-0.39, 0.29) is 4.91 Å². The van der Waals surface area contributed by atoms with E-state index in [1.54, 1.807) is 30.3 Å². The van der Waals surface area contributed by atoms with Crippen molar-refractivity contribution in [1.29, 1.82) is 0 Å². The van der Waals surface area contributed by atoms with E-state index in [0.29, 0.717) is 10.6 Å². The number of carbonyl (C=O) groups is 3. The Morgan fingerprint density at radius 3 is 2.76 bits per heavy atom. The first-order valence-corrected chi connectivity index (χ1v) is 7.24. The quantitative estimate of drug-likeness (QED) is 0.631. The highest BCUT2D eigenvalue weighted by Crippen LogP contribution is 2.34. The first-order chi connectivity index (χ1) is 9.93. The average Bonchev–Trinajstić information content (AvgIpc) is 2.72. The molecule has 1 atom stereocenters. The van der Waals surface area contributed by atoms with Crippen LogP contribution in [0.3, 0.4) is 0 Å². The molecule has 0 spiro atoms. The number of imide groups is 1. The summed E-state index contributed by atoms with van der Waals surface area (Å²) in [5.74, 6) is -1.15. The van der Waals surface area contributed by atoms with Gasteiger partial charge in [0.1, 0.15) is 6.04 Å². The van der Waals surface area contributed by atoms with Gasteiger partial charge in [-0.2, -0.15) is 0 Å². The third-order valence-electron chi connectivity index (χ3n) is 2.90. The molecule has 0 aromatic heterocycles. The molecule has 110 valence electrons. The molecule has 0 saturated carbocycles. The van der Waals surface area contributed by atoms with Crippen molar-refractivity contribution in [2.75, 3.05) is 7.11 Å². The van der Waals surface area contributed by atoms with E-state index in [1.165, 1.54) is 14.0 Å². The van der Waals surface area contributed by atoms with Gasteiger partial charge in [0.2, 0.25) is 0 Å². The number of methoxy groups -OCH3 is 1. The number of carbonyl (C=O) groups excluding carboxylic acids is 3. The summed E-state index contributed by atoms with van der Waals surface area (Å²) in [6.45, 7) is 1.45. The van der Waals surface area contributed by atoms with Crippen LogP contribution < -0.4 is 0 Å². The molecule has 2 amide bonds. The van der Waals surface area contributed by atoms with Crippen LogP contribution in [-0.2, 0) is 14.3 Å². The Kier molecular flexibility index (Phi) is 4.69. The molecule has 0 radical (unpaired) electrons. The number of ether oxygens (including phenoxy) is 1. The molecule has 7 heteroatoms. The molecule has 1 aliphatic heterocycles. The molecule has 1 saturated heterocycles. The van der Waals surface area contributed by atoms with Crippen molar-refractivity contribution in [3.8, 4) is 0 Å². The van der Waals surface area contributed by atoms with Crippen molar-refractivity contribution in [2.45, 2.75) is 13.0 Å². The maximum atomic E-state index is 12.2. The molecule has 1 aliphatic rings. The number of benzene rings is 1. The summed E-state index contributed by atoms with van der Waals surface area (Å²) in [6, 6.07) is 5.95. The third kappa shape index (κ3) is 3.28. The van der Waals surface area contributed by atoms with Gasteiger partial charge in [-0.15, -0.1) is 0 Å². The van der Waals surface area contributed by atoms with E-state index in [4.69, 9.17) is 11.6 Å². The number of esters is 1. The van der Waals surface area contributed by atoms with E-state index in [2.05, 4.69) is 4.74 Å². The van der Waals surface area contributed by atoms with Gasteiger partial charge in [0, 0.05) is 5.02 Å². The van der Waals surface area contributed by atoms with Crippen molar-refractivity contribution in [1.82, 2.24) is 4.90 Å². The maximum Gasteiger partial charge on any atom is 0.328 e. The summed E-state index contributed by atoms with van der Waals surface area (Å²) >= 11 is 6.66. The Bertz CT molecular complexity index is 644. The van der Waals surface area contributed by atoms with Gasteiger partial charge in [-0.3, -0.25) is 14.5 Å². The molecule has 1 aromatic carbocycles. The Morgan fingerprint density at radius 2 is 2.14 bits per heavy atom. The second-order valence-corrected chi connectivity index (χ2v) is 5.74. The summed E-state index contributed by atoms with van der Waals surface area (Å²) in [5, 5.41) is 0.0390. The predicted octanol–water partition coefficient (Wildman–Crippen LogP) is 2.94. The van der Waals surface area contributed by atoms with Crippen LogP contribution >= 0.6 is 23.4 Å². The Balaban J connectivity index is 2.28. The first-order valence-electron chi connectivity index (χ1n) is 6.04. The van der Waals surface area contributed by atoms with Crippen molar-refractivity contribution in [3.63, 3.8) is 0 Å². The van der Waals surface area contributed by atoms with Gasteiger partial charge < -0.3 is 4.74 Å². The summed E-state index contributed by atoms with van der Waals surface area (Å²) in [5.41, 5.74) is 0.707. The van der Waals surface area contributed by atoms with Crippen molar-refractivity contribution in [3.05, 3.63) is 39.8 Å². The maximum absolute atomic E-state index is 12.2. The van der Waals surface area contributed by atoms with Crippen LogP contribution in [0, 0.1) is 0 Å². The van der Waals surface area contributed by atoms with Gasteiger partial charge in [-0.25, -0.2) is 4.79 Å². The average molecular weight is 326 g/mol. The number of thioether (sulfide) groups is 1. The van der Waals surface area contributed by atoms with Crippen molar-refractivity contribution >= 4 is 46.6 Å². The van der Waals surface area contributed by atoms with Gasteiger partial charge in [0.25, 0.3) is 11.1 Å². The van der Waals surface area contributed by atoms with Crippen molar-refractivity contribution < 1.29 is 19.1 Å². The molecule has 0 aliphatic carbocycles. The number of rotatable bonds is 3. The van der Waals surface area contributed by atoms with Crippen LogP contribution in [0.1, 0.15) is 12.5 Å². The van der Waals surface area contributed by atoms with Gasteiger partial charge in [-0.05, 0) is 42.5 Å². The minimum absolute atomic E-state index is 0.248. The van der Waals surface area contributed by atoms with Gasteiger partial charge in [0.05, 0.1) is 12.0 Å².